The van der Waals surface area contributed by atoms with Gasteiger partial charge in [-0.05, 0) is 31.0 Å². The molecule has 1 aliphatic rings. The minimum absolute atomic E-state index is 0.205. The number of aromatic carboxylic acids is 1. The standard InChI is InChI=1S/C13H9ClFNO2S/c14-7-3-4-9(15)8(5-7)12-16-10(6-1-2-6)11(19-12)13(17)18/h3-6H,1-2H2,(H,17,18). The predicted octanol–water partition coefficient (Wildman–Crippen LogP) is 4.18. The Bertz CT molecular complexity index is 667. The average molecular weight is 298 g/mol. The Labute approximate surface area is 117 Å². The highest BCUT2D eigenvalue weighted by atomic mass is 35.5. The van der Waals surface area contributed by atoms with Gasteiger partial charge in [0.05, 0.1) is 5.69 Å². The smallest absolute Gasteiger partial charge is 0.347 e. The Balaban J connectivity index is 2.12. The number of thiazole rings is 1. The topological polar surface area (TPSA) is 50.2 Å². The van der Waals surface area contributed by atoms with Crippen LogP contribution >= 0.6 is 22.9 Å². The molecule has 0 radical (unpaired) electrons. The molecule has 0 bridgehead atoms. The molecule has 1 aliphatic carbocycles. The lowest BCUT2D eigenvalue weighted by atomic mass is 10.2. The van der Waals surface area contributed by atoms with Gasteiger partial charge in [0, 0.05) is 16.5 Å². The van der Waals surface area contributed by atoms with Crippen molar-refractivity contribution in [2.24, 2.45) is 0 Å². The van der Waals surface area contributed by atoms with Crippen molar-refractivity contribution in [2.75, 3.05) is 0 Å². The van der Waals surface area contributed by atoms with E-state index in [4.69, 9.17) is 11.6 Å². The van der Waals surface area contributed by atoms with Crippen molar-refractivity contribution in [1.82, 2.24) is 4.98 Å². The first-order valence-electron chi connectivity index (χ1n) is 5.75. The Hall–Kier alpha value is -1.46. The van der Waals surface area contributed by atoms with Crippen molar-refractivity contribution < 1.29 is 14.3 Å². The molecule has 1 aromatic carbocycles. The molecule has 19 heavy (non-hydrogen) atoms. The van der Waals surface area contributed by atoms with Gasteiger partial charge in [-0.15, -0.1) is 11.3 Å². The Kier molecular flexibility index (Phi) is 3.03. The number of carbonyl (C=O) groups is 1. The number of carboxylic acid groups (broad SMARTS) is 1. The Morgan fingerprint density at radius 3 is 2.84 bits per heavy atom. The third-order valence-electron chi connectivity index (χ3n) is 2.97. The molecule has 98 valence electrons. The summed E-state index contributed by atoms with van der Waals surface area (Å²) in [7, 11) is 0. The van der Waals surface area contributed by atoms with Crippen molar-refractivity contribution in [3.8, 4) is 10.6 Å². The van der Waals surface area contributed by atoms with E-state index in [1.165, 1.54) is 18.2 Å². The van der Waals surface area contributed by atoms with Gasteiger partial charge in [-0.25, -0.2) is 14.2 Å². The van der Waals surface area contributed by atoms with Crippen molar-refractivity contribution >= 4 is 28.9 Å². The van der Waals surface area contributed by atoms with Crippen LogP contribution in [0, 0.1) is 5.82 Å². The molecule has 2 aromatic rings. The maximum absolute atomic E-state index is 13.8. The summed E-state index contributed by atoms with van der Waals surface area (Å²) in [6.45, 7) is 0. The van der Waals surface area contributed by atoms with E-state index in [-0.39, 0.29) is 16.4 Å². The number of hydrogen-bond acceptors (Lipinski definition) is 3. The second kappa shape index (κ2) is 4.58. The summed E-state index contributed by atoms with van der Waals surface area (Å²) >= 11 is 6.85. The normalized spacial score (nSPS) is 14.6. The Morgan fingerprint density at radius 1 is 1.47 bits per heavy atom. The second-order valence-corrected chi connectivity index (χ2v) is 5.87. The van der Waals surface area contributed by atoms with E-state index >= 15 is 0 Å². The molecule has 0 amide bonds. The number of halogens is 2. The summed E-state index contributed by atoms with van der Waals surface area (Å²) in [5, 5.41) is 9.95. The summed E-state index contributed by atoms with van der Waals surface area (Å²) in [6.07, 6.45) is 1.89. The highest BCUT2D eigenvalue weighted by Crippen LogP contribution is 2.44. The van der Waals surface area contributed by atoms with Crippen LogP contribution in [0.5, 0.6) is 0 Å². The summed E-state index contributed by atoms with van der Waals surface area (Å²) in [4.78, 5) is 15.7. The van der Waals surface area contributed by atoms with Gasteiger partial charge in [-0.1, -0.05) is 11.6 Å². The largest absolute Gasteiger partial charge is 0.477 e. The maximum atomic E-state index is 13.8. The molecule has 3 rings (SSSR count). The first-order chi connectivity index (χ1) is 9.06. The van der Waals surface area contributed by atoms with Crippen LogP contribution in [0.25, 0.3) is 10.6 Å². The first-order valence-corrected chi connectivity index (χ1v) is 6.95. The first kappa shape index (κ1) is 12.6. The van der Waals surface area contributed by atoms with Gasteiger partial charge in [0.25, 0.3) is 0 Å². The van der Waals surface area contributed by atoms with Gasteiger partial charge in [0.2, 0.25) is 0 Å². The number of carboxylic acids is 1. The third-order valence-corrected chi connectivity index (χ3v) is 4.30. The molecule has 1 fully saturated rings. The van der Waals surface area contributed by atoms with E-state index in [0.717, 1.165) is 24.2 Å². The quantitative estimate of drug-likeness (QED) is 0.924. The van der Waals surface area contributed by atoms with Crippen LogP contribution in [0.1, 0.15) is 34.1 Å². The van der Waals surface area contributed by atoms with Crippen molar-refractivity contribution in [2.45, 2.75) is 18.8 Å². The van der Waals surface area contributed by atoms with E-state index in [9.17, 15) is 14.3 Å². The van der Waals surface area contributed by atoms with Gasteiger partial charge >= 0.3 is 5.97 Å². The van der Waals surface area contributed by atoms with Crippen molar-refractivity contribution in [3.05, 3.63) is 39.6 Å². The zero-order valence-corrected chi connectivity index (χ0v) is 11.3. The average Bonchev–Trinajstić information content (AvgIpc) is 3.11. The monoisotopic (exact) mass is 297 g/mol. The van der Waals surface area contributed by atoms with Gasteiger partial charge in [0.15, 0.2) is 0 Å². The molecular formula is C13H9ClFNO2S. The summed E-state index contributed by atoms with van der Waals surface area (Å²) in [5.74, 6) is -1.25. The number of rotatable bonds is 3. The van der Waals surface area contributed by atoms with Crippen LogP contribution in [0.3, 0.4) is 0 Å². The SMILES string of the molecule is O=C(O)c1sc(-c2cc(Cl)ccc2F)nc1C1CC1. The fraction of sp³-hybridized carbons (Fsp3) is 0.231. The number of aromatic nitrogens is 1. The van der Waals surface area contributed by atoms with E-state index in [2.05, 4.69) is 4.98 Å². The molecule has 6 heteroatoms. The molecule has 1 saturated carbocycles. The fourth-order valence-corrected chi connectivity index (χ4v) is 3.08. The van der Waals surface area contributed by atoms with Crippen molar-refractivity contribution in [3.63, 3.8) is 0 Å². The molecule has 0 saturated heterocycles. The maximum Gasteiger partial charge on any atom is 0.347 e. The number of hydrogen-bond donors (Lipinski definition) is 1. The molecule has 1 aromatic heterocycles. The molecule has 0 atom stereocenters. The summed E-state index contributed by atoms with van der Waals surface area (Å²) in [5.41, 5.74) is 0.832. The van der Waals surface area contributed by atoms with Gasteiger partial charge < -0.3 is 5.11 Å². The molecule has 0 unspecified atom stereocenters. The van der Waals surface area contributed by atoms with E-state index in [0.29, 0.717) is 15.7 Å². The van der Waals surface area contributed by atoms with Crippen LogP contribution in [-0.2, 0) is 0 Å². The zero-order chi connectivity index (χ0) is 13.6. The van der Waals surface area contributed by atoms with Crippen LogP contribution in [0.15, 0.2) is 18.2 Å². The van der Waals surface area contributed by atoms with Gasteiger partial charge in [0.1, 0.15) is 15.7 Å². The number of benzene rings is 1. The lowest BCUT2D eigenvalue weighted by Gasteiger charge is -1.99. The summed E-state index contributed by atoms with van der Waals surface area (Å²) < 4.78 is 13.8. The minimum Gasteiger partial charge on any atom is -0.477 e. The summed E-state index contributed by atoms with van der Waals surface area (Å²) in [6, 6.07) is 4.18. The molecule has 0 spiro atoms. The van der Waals surface area contributed by atoms with Gasteiger partial charge in [-0.3, -0.25) is 0 Å². The molecular weight excluding hydrogens is 289 g/mol. The lowest BCUT2D eigenvalue weighted by molar-refractivity contribution is 0.0700. The third kappa shape index (κ3) is 2.35. The lowest BCUT2D eigenvalue weighted by Crippen LogP contribution is -1.97. The molecule has 1 N–H and O–H groups in total. The number of nitrogens with zero attached hydrogens (tertiary/aromatic N) is 1. The second-order valence-electron chi connectivity index (χ2n) is 4.44. The van der Waals surface area contributed by atoms with Crippen LogP contribution < -0.4 is 0 Å². The van der Waals surface area contributed by atoms with Crippen LogP contribution in [-0.4, -0.2) is 16.1 Å². The molecule has 1 heterocycles. The van der Waals surface area contributed by atoms with Crippen molar-refractivity contribution in [1.29, 1.82) is 0 Å². The Morgan fingerprint density at radius 2 is 2.21 bits per heavy atom. The minimum atomic E-state index is -1.01. The zero-order valence-electron chi connectivity index (χ0n) is 9.69. The molecule has 3 nitrogen and oxygen atoms in total. The predicted molar refractivity (Wildman–Crippen MR) is 71.5 cm³/mol. The molecule has 0 aliphatic heterocycles. The van der Waals surface area contributed by atoms with Gasteiger partial charge in [-0.2, -0.15) is 0 Å². The van der Waals surface area contributed by atoms with Crippen LogP contribution in [0.4, 0.5) is 4.39 Å². The van der Waals surface area contributed by atoms with E-state index in [1.54, 1.807) is 0 Å². The highest BCUT2D eigenvalue weighted by molar-refractivity contribution is 7.17. The van der Waals surface area contributed by atoms with Crippen LogP contribution in [0.2, 0.25) is 5.02 Å². The van der Waals surface area contributed by atoms with E-state index in [1.807, 2.05) is 0 Å². The fourth-order valence-electron chi connectivity index (χ4n) is 1.90. The van der Waals surface area contributed by atoms with E-state index < -0.39 is 11.8 Å². The highest BCUT2D eigenvalue weighted by Gasteiger charge is 2.32.